The Balaban J connectivity index is 2.94. The van der Waals surface area contributed by atoms with E-state index < -0.39 is 48.6 Å². The first-order chi connectivity index (χ1) is 15.6. The van der Waals surface area contributed by atoms with Gasteiger partial charge < -0.3 is 42.9 Å². The third kappa shape index (κ3) is 9.61. The van der Waals surface area contributed by atoms with Crippen LogP contribution in [0.2, 0.25) is 0 Å². The fourth-order valence-electron chi connectivity index (χ4n) is 3.36. The molecule has 0 spiro atoms. The van der Waals surface area contributed by atoms with Crippen LogP contribution in [-0.2, 0) is 19.2 Å². The molecular weight excluding hydrogens is 434 g/mol. The van der Waals surface area contributed by atoms with Gasteiger partial charge in [0.1, 0.15) is 18.1 Å². The Morgan fingerprint density at radius 3 is 2.33 bits per heavy atom. The van der Waals surface area contributed by atoms with E-state index in [1.807, 2.05) is 6.92 Å². The maximum Gasteiger partial charge on any atom is 0.328 e. The Morgan fingerprint density at radius 2 is 1.82 bits per heavy atom. The quantitative estimate of drug-likeness (QED) is 0.0752. The Labute approximate surface area is 193 Å². The lowest BCUT2D eigenvalue weighted by molar-refractivity contribution is -0.143. The second kappa shape index (κ2) is 14.3. The van der Waals surface area contributed by atoms with Crippen LogP contribution in [0.25, 0.3) is 0 Å². The predicted octanol–water partition coefficient (Wildman–Crippen LogP) is -2.63. The van der Waals surface area contributed by atoms with Crippen molar-refractivity contribution in [2.24, 2.45) is 22.4 Å². The molecule has 1 fully saturated rings. The molecule has 1 aliphatic heterocycles. The Kier molecular flexibility index (Phi) is 12.1. The molecule has 0 saturated carbocycles. The molecule has 13 heteroatoms. The first-order valence-electron chi connectivity index (χ1n) is 11.1. The first kappa shape index (κ1) is 28.1. The molecule has 1 rings (SSSR count). The molecule has 10 N–H and O–H groups in total. The number of nitrogens with two attached hydrogens (primary N) is 2. The van der Waals surface area contributed by atoms with Crippen molar-refractivity contribution in [3.05, 3.63) is 0 Å². The molecule has 188 valence electrons. The summed E-state index contributed by atoms with van der Waals surface area (Å²) >= 11 is 0. The first-order valence-corrected chi connectivity index (χ1v) is 11.1. The van der Waals surface area contributed by atoms with E-state index in [1.54, 1.807) is 6.92 Å². The molecule has 1 saturated heterocycles. The SMILES string of the molecule is CCC(C)C(NC(=O)C(CCCN=C(N)N)NC(=O)C1CCCN1)C(=O)NC(CO)C(=O)O. The normalized spacial score (nSPS) is 18.9. The highest BCUT2D eigenvalue weighted by molar-refractivity contribution is 5.94. The average Bonchev–Trinajstić information content (AvgIpc) is 3.31. The monoisotopic (exact) mass is 471 g/mol. The van der Waals surface area contributed by atoms with Gasteiger partial charge in [0.05, 0.1) is 12.6 Å². The number of aliphatic imine (C=N–C) groups is 1. The number of nitrogens with one attached hydrogen (secondary N) is 4. The van der Waals surface area contributed by atoms with Crippen LogP contribution in [0, 0.1) is 5.92 Å². The summed E-state index contributed by atoms with van der Waals surface area (Å²) in [5, 5.41) is 28.9. The van der Waals surface area contributed by atoms with Crippen LogP contribution in [0.4, 0.5) is 0 Å². The molecule has 0 radical (unpaired) electrons. The van der Waals surface area contributed by atoms with Gasteiger partial charge in [-0.15, -0.1) is 0 Å². The largest absolute Gasteiger partial charge is 0.480 e. The summed E-state index contributed by atoms with van der Waals surface area (Å²) < 4.78 is 0. The zero-order valence-corrected chi connectivity index (χ0v) is 19.2. The van der Waals surface area contributed by atoms with Gasteiger partial charge in [-0.3, -0.25) is 19.4 Å². The highest BCUT2D eigenvalue weighted by Gasteiger charge is 2.33. The van der Waals surface area contributed by atoms with Crippen LogP contribution in [0.1, 0.15) is 46.0 Å². The molecule has 0 aromatic rings. The lowest BCUT2D eigenvalue weighted by Gasteiger charge is -2.28. The summed E-state index contributed by atoms with van der Waals surface area (Å²) in [6.07, 6.45) is 2.66. The van der Waals surface area contributed by atoms with Gasteiger partial charge in [0, 0.05) is 6.54 Å². The number of carboxylic acid groups (broad SMARTS) is 1. The average molecular weight is 472 g/mol. The molecule has 1 heterocycles. The van der Waals surface area contributed by atoms with Gasteiger partial charge in [0.15, 0.2) is 5.96 Å². The van der Waals surface area contributed by atoms with Crippen molar-refractivity contribution >= 4 is 29.7 Å². The number of hydrogen-bond donors (Lipinski definition) is 8. The van der Waals surface area contributed by atoms with E-state index in [9.17, 15) is 24.3 Å². The summed E-state index contributed by atoms with van der Waals surface area (Å²) in [4.78, 5) is 53.4. The number of carbonyl (C=O) groups is 4. The van der Waals surface area contributed by atoms with Crippen molar-refractivity contribution in [2.45, 2.75) is 70.1 Å². The van der Waals surface area contributed by atoms with Crippen molar-refractivity contribution in [3.8, 4) is 0 Å². The molecule has 0 bridgehead atoms. The van der Waals surface area contributed by atoms with Gasteiger partial charge >= 0.3 is 5.97 Å². The molecular formula is C20H37N7O6. The minimum Gasteiger partial charge on any atom is -0.480 e. The second-order valence-electron chi connectivity index (χ2n) is 8.11. The van der Waals surface area contributed by atoms with Crippen LogP contribution in [0.15, 0.2) is 4.99 Å². The summed E-state index contributed by atoms with van der Waals surface area (Å²) in [7, 11) is 0. The van der Waals surface area contributed by atoms with E-state index in [4.69, 9.17) is 16.6 Å². The van der Waals surface area contributed by atoms with Gasteiger partial charge in [-0.1, -0.05) is 20.3 Å². The van der Waals surface area contributed by atoms with E-state index in [0.29, 0.717) is 25.8 Å². The van der Waals surface area contributed by atoms with Crippen LogP contribution in [0.3, 0.4) is 0 Å². The Hall–Kier alpha value is -2.93. The number of nitrogens with zero attached hydrogens (tertiary/aromatic N) is 1. The molecule has 13 nitrogen and oxygen atoms in total. The molecule has 1 aliphatic rings. The van der Waals surface area contributed by atoms with Gasteiger partial charge in [-0.05, 0) is 38.1 Å². The standard InChI is InChI=1S/C20H37N7O6/c1-3-11(2)15(18(31)26-14(10-28)19(32)33)27-17(30)13(7-5-9-24-20(21)22)25-16(29)12-6-4-8-23-12/h11-15,23,28H,3-10H2,1-2H3,(H,25,29)(H,26,31)(H,27,30)(H,32,33)(H4,21,22,24). The number of guanidine groups is 1. The van der Waals surface area contributed by atoms with Crippen molar-refractivity contribution in [1.82, 2.24) is 21.3 Å². The van der Waals surface area contributed by atoms with Crippen LogP contribution < -0.4 is 32.7 Å². The van der Waals surface area contributed by atoms with Gasteiger partial charge in [-0.25, -0.2) is 4.79 Å². The number of hydrogen-bond acceptors (Lipinski definition) is 7. The number of aliphatic hydroxyl groups excluding tert-OH is 1. The highest BCUT2D eigenvalue weighted by atomic mass is 16.4. The maximum atomic E-state index is 13.1. The van der Waals surface area contributed by atoms with Crippen molar-refractivity contribution in [3.63, 3.8) is 0 Å². The molecule has 5 unspecified atom stereocenters. The zero-order valence-electron chi connectivity index (χ0n) is 19.2. The van der Waals surface area contributed by atoms with E-state index in [2.05, 4.69) is 26.3 Å². The minimum atomic E-state index is -1.50. The van der Waals surface area contributed by atoms with Crippen molar-refractivity contribution < 1.29 is 29.4 Å². The van der Waals surface area contributed by atoms with Crippen molar-refractivity contribution in [1.29, 1.82) is 0 Å². The summed E-state index contributed by atoms with van der Waals surface area (Å²) in [6.45, 7) is 3.73. The van der Waals surface area contributed by atoms with Crippen LogP contribution >= 0.6 is 0 Å². The zero-order chi connectivity index (χ0) is 25.0. The highest BCUT2D eigenvalue weighted by Crippen LogP contribution is 2.11. The van der Waals surface area contributed by atoms with E-state index in [0.717, 1.165) is 6.42 Å². The summed E-state index contributed by atoms with van der Waals surface area (Å²) in [5.41, 5.74) is 10.6. The third-order valence-electron chi connectivity index (χ3n) is 5.55. The fraction of sp³-hybridized carbons (Fsp3) is 0.750. The smallest absolute Gasteiger partial charge is 0.328 e. The van der Waals surface area contributed by atoms with Gasteiger partial charge in [0.2, 0.25) is 17.7 Å². The van der Waals surface area contributed by atoms with Crippen LogP contribution in [0.5, 0.6) is 0 Å². The molecule has 3 amide bonds. The topological polar surface area (TPSA) is 221 Å². The predicted molar refractivity (Wildman–Crippen MR) is 121 cm³/mol. The molecule has 33 heavy (non-hydrogen) atoms. The maximum absolute atomic E-state index is 13.1. The van der Waals surface area contributed by atoms with E-state index in [1.165, 1.54) is 0 Å². The number of carboxylic acids is 1. The van der Waals surface area contributed by atoms with E-state index >= 15 is 0 Å². The lowest BCUT2D eigenvalue weighted by atomic mass is 9.97. The van der Waals surface area contributed by atoms with Crippen LogP contribution in [-0.4, -0.2) is 83.7 Å². The lowest BCUT2D eigenvalue weighted by Crippen LogP contribution is -2.59. The number of rotatable bonds is 14. The van der Waals surface area contributed by atoms with E-state index in [-0.39, 0.29) is 30.8 Å². The minimum absolute atomic E-state index is 0.0828. The second-order valence-corrected chi connectivity index (χ2v) is 8.11. The molecule has 0 aliphatic carbocycles. The molecule has 0 aromatic carbocycles. The third-order valence-corrected chi connectivity index (χ3v) is 5.55. The summed E-state index contributed by atoms with van der Waals surface area (Å²) in [5.74, 6) is -3.44. The Morgan fingerprint density at radius 1 is 1.12 bits per heavy atom. The van der Waals surface area contributed by atoms with Gasteiger partial charge in [-0.2, -0.15) is 0 Å². The number of aliphatic carboxylic acids is 1. The fourth-order valence-corrected chi connectivity index (χ4v) is 3.36. The molecule has 0 aromatic heterocycles. The molecule has 5 atom stereocenters. The number of amides is 3. The van der Waals surface area contributed by atoms with Crippen molar-refractivity contribution in [2.75, 3.05) is 19.7 Å². The summed E-state index contributed by atoms with van der Waals surface area (Å²) in [6, 6.07) is -3.89. The van der Waals surface area contributed by atoms with Gasteiger partial charge in [0.25, 0.3) is 0 Å². The number of aliphatic hydroxyl groups is 1. The Bertz CT molecular complexity index is 707. The number of carbonyl (C=O) groups excluding carboxylic acids is 3.